The fourth-order valence-electron chi connectivity index (χ4n) is 5.56. The largest absolute Gasteiger partial charge is 0.342 e. The van der Waals surface area contributed by atoms with Crippen LogP contribution in [0.5, 0.6) is 0 Å². The second-order valence-electron chi connectivity index (χ2n) is 15.4. The van der Waals surface area contributed by atoms with Gasteiger partial charge in [0, 0.05) is 18.0 Å². The minimum atomic E-state index is -4.12. The van der Waals surface area contributed by atoms with Gasteiger partial charge < -0.3 is 15.5 Å². The van der Waals surface area contributed by atoms with Gasteiger partial charge in [-0.05, 0) is 54.0 Å². The first-order valence-corrected chi connectivity index (χ1v) is 17.6. The molecule has 3 amide bonds. The highest BCUT2D eigenvalue weighted by atomic mass is 32.2. The van der Waals surface area contributed by atoms with Crippen molar-refractivity contribution >= 4 is 27.7 Å². The molecule has 47 heavy (non-hydrogen) atoms. The minimum absolute atomic E-state index is 0.0153. The van der Waals surface area contributed by atoms with Gasteiger partial charge in [-0.1, -0.05) is 118 Å². The molecule has 3 N–H and O–H groups in total. The number of carbonyl (C=O) groups excluding carboxylic acids is 3. The van der Waals surface area contributed by atoms with Gasteiger partial charge in [0.1, 0.15) is 6.04 Å². The second kappa shape index (κ2) is 15.2. The molecule has 0 heterocycles. The van der Waals surface area contributed by atoms with Crippen LogP contribution in [0.25, 0.3) is 0 Å². The van der Waals surface area contributed by atoms with Gasteiger partial charge in [-0.2, -0.15) is 0 Å². The SMILES string of the molecule is CN[C@H](C(=O)N[C@H](C(=O)N(C)[C@H](/C=C(\C)C(=O)NS(=O)(=O)c1ccc(C(C)(C)C)cc1)C(C)C)C(C)(C)C)C(C)(C)c1ccccc1. The molecule has 0 aliphatic rings. The molecular weight excluding hydrogens is 612 g/mol. The van der Waals surface area contributed by atoms with Crippen molar-refractivity contribution < 1.29 is 22.8 Å². The first-order chi connectivity index (χ1) is 21.4. The average molecular weight is 669 g/mol. The standard InChI is InChI=1S/C37H56N4O5S/c1-24(2)29(23-25(3)32(42)40-47(45,46)28-21-19-26(20-22-28)35(4,5)6)41(13)34(44)31(36(7,8)9)39-33(43)30(38-12)37(10,11)27-17-15-14-16-18-27/h14-24,29-31,38H,1-13H3,(H,39,43)(H,40,42)/b25-23+/t29-,30-,31-/m1/s1. The Balaban J connectivity index is 2.32. The Morgan fingerprint density at radius 3 is 1.79 bits per heavy atom. The predicted octanol–water partition coefficient (Wildman–Crippen LogP) is 5.32. The van der Waals surface area contributed by atoms with Crippen molar-refractivity contribution in [3.63, 3.8) is 0 Å². The summed E-state index contributed by atoms with van der Waals surface area (Å²) in [5.41, 5.74) is 0.715. The molecule has 0 fully saturated rings. The number of nitrogens with zero attached hydrogens (tertiary/aromatic N) is 1. The predicted molar refractivity (Wildman–Crippen MR) is 189 cm³/mol. The van der Waals surface area contributed by atoms with E-state index in [1.807, 2.05) is 99.6 Å². The van der Waals surface area contributed by atoms with Crippen LogP contribution in [0.2, 0.25) is 0 Å². The first kappa shape index (κ1) is 39.7. The molecular formula is C37H56N4O5S. The van der Waals surface area contributed by atoms with E-state index in [0.29, 0.717) is 0 Å². The zero-order chi connectivity index (χ0) is 36.1. The summed E-state index contributed by atoms with van der Waals surface area (Å²) >= 11 is 0. The van der Waals surface area contributed by atoms with E-state index >= 15 is 0 Å². The number of amides is 3. The molecule has 0 bridgehead atoms. The normalized spacial score (nSPS) is 15.1. The van der Waals surface area contributed by atoms with Gasteiger partial charge in [0.05, 0.1) is 17.0 Å². The molecule has 0 aliphatic heterocycles. The molecule has 0 saturated heterocycles. The summed E-state index contributed by atoms with van der Waals surface area (Å²) in [5.74, 6) is -1.55. The third-order valence-corrected chi connectivity index (χ3v) is 10.1. The fourth-order valence-corrected chi connectivity index (χ4v) is 6.58. The lowest BCUT2D eigenvalue weighted by atomic mass is 9.76. The summed E-state index contributed by atoms with van der Waals surface area (Å²) in [5, 5.41) is 6.17. The molecule has 260 valence electrons. The van der Waals surface area contributed by atoms with Crippen molar-refractivity contribution in [2.45, 2.75) is 110 Å². The molecule has 2 aromatic rings. The van der Waals surface area contributed by atoms with Crippen LogP contribution in [0, 0.1) is 11.3 Å². The molecule has 0 saturated carbocycles. The van der Waals surface area contributed by atoms with E-state index in [1.165, 1.54) is 24.0 Å². The maximum atomic E-state index is 14.1. The number of hydrogen-bond acceptors (Lipinski definition) is 6. The van der Waals surface area contributed by atoms with Crippen LogP contribution < -0.4 is 15.4 Å². The summed E-state index contributed by atoms with van der Waals surface area (Å²) < 4.78 is 28.2. The van der Waals surface area contributed by atoms with Gasteiger partial charge >= 0.3 is 0 Å². The van der Waals surface area contributed by atoms with Crippen molar-refractivity contribution in [3.8, 4) is 0 Å². The monoisotopic (exact) mass is 668 g/mol. The first-order valence-electron chi connectivity index (χ1n) is 16.1. The topological polar surface area (TPSA) is 125 Å². The van der Waals surface area contributed by atoms with Crippen LogP contribution in [0.1, 0.15) is 87.3 Å². The summed E-state index contributed by atoms with van der Waals surface area (Å²) in [7, 11) is -0.762. The molecule has 2 aromatic carbocycles. The summed E-state index contributed by atoms with van der Waals surface area (Å²) in [6.45, 7) is 21.1. The smallest absolute Gasteiger partial charge is 0.264 e. The van der Waals surface area contributed by atoms with E-state index in [9.17, 15) is 22.8 Å². The van der Waals surface area contributed by atoms with Gasteiger partial charge in [-0.15, -0.1) is 0 Å². The van der Waals surface area contributed by atoms with Crippen LogP contribution in [-0.4, -0.2) is 63.3 Å². The average Bonchev–Trinajstić information content (AvgIpc) is 2.97. The lowest BCUT2D eigenvalue weighted by molar-refractivity contribution is -0.140. The Morgan fingerprint density at radius 1 is 0.809 bits per heavy atom. The Kier molecular flexibility index (Phi) is 12.8. The molecule has 0 unspecified atom stereocenters. The van der Waals surface area contributed by atoms with E-state index in [1.54, 1.807) is 32.3 Å². The van der Waals surface area contributed by atoms with Gasteiger partial charge in [-0.25, -0.2) is 13.1 Å². The lowest BCUT2D eigenvalue weighted by Gasteiger charge is -2.40. The van der Waals surface area contributed by atoms with Crippen molar-refractivity contribution in [3.05, 3.63) is 77.4 Å². The van der Waals surface area contributed by atoms with Crippen LogP contribution in [0.15, 0.2) is 71.1 Å². The zero-order valence-corrected chi connectivity index (χ0v) is 31.3. The Bertz CT molecular complexity index is 1530. The molecule has 10 heteroatoms. The maximum absolute atomic E-state index is 14.1. The third kappa shape index (κ3) is 10.00. The molecule has 0 aromatic heterocycles. The summed E-state index contributed by atoms with van der Waals surface area (Å²) in [4.78, 5) is 42.6. The zero-order valence-electron chi connectivity index (χ0n) is 30.5. The Morgan fingerprint density at radius 2 is 1.34 bits per heavy atom. The van der Waals surface area contributed by atoms with Crippen LogP contribution in [0.3, 0.4) is 0 Å². The van der Waals surface area contributed by atoms with Crippen LogP contribution in [0.4, 0.5) is 0 Å². The number of sulfonamides is 1. The van der Waals surface area contributed by atoms with Gasteiger partial charge in [-0.3, -0.25) is 14.4 Å². The van der Waals surface area contributed by atoms with Crippen molar-refractivity contribution in [2.75, 3.05) is 14.1 Å². The molecule has 0 aliphatic carbocycles. The van der Waals surface area contributed by atoms with Gasteiger partial charge in [0.15, 0.2) is 0 Å². The van der Waals surface area contributed by atoms with Crippen molar-refractivity contribution in [2.24, 2.45) is 11.3 Å². The minimum Gasteiger partial charge on any atom is -0.342 e. The van der Waals surface area contributed by atoms with E-state index in [0.717, 1.165) is 11.1 Å². The summed E-state index contributed by atoms with van der Waals surface area (Å²) in [6, 6.07) is 14.1. The molecule has 0 radical (unpaired) electrons. The molecule has 2 rings (SSSR count). The lowest BCUT2D eigenvalue weighted by Crippen LogP contribution is -2.61. The van der Waals surface area contributed by atoms with Crippen LogP contribution in [-0.2, 0) is 35.2 Å². The molecule has 9 nitrogen and oxygen atoms in total. The van der Waals surface area contributed by atoms with E-state index in [-0.39, 0.29) is 33.6 Å². The van der Waals surface area contributed by atoms with E-state index < -0.39 is 44.9 Å². The summed E-state index contributed by atoms with van der Waals surface area (Å²) in [6.07, 6.45) is 1.60. The highest BCUT2D eigenvalue weighted by Gasteiger charge is 2.41. The number of carbonyl (C=O) groups is 3. The fraction of sp³-hybridized carbons (Fsp3) is 0.541. The quantitative estimate of drug-likeness (QED) is 0.263. The Hall–Kier alpha value is -3.50. The number of nitrogens with one attached hydrogen (secondary N) is 3. The number of benzene rings is 2. The van der Waals surface area contributed by atoms with E-state index in [4.69, 9.17) is 0 Å². The van der Waals surface area contributed by atoms with Crippen molar-refractivity contribution in [1.29, 1.82) is 0 Å². The molecule has 0 spiro atoms. The third-order valence-electron chi connectivity index (χ3n) is 8.70. The van der Waals surface area contributed by atoms with Crippen molar-refractivity contribution in [1.82, 2.24) is 20.3 Å². The maximum Gasteiger partial charge on any atom is 0.264 e. The van der Waals surface area contributed by atoms with Crippen LogP contribution >= 0.6 is 0 Å². The number of hydrogen-bond donors (Lipinski definition) is 3. The second-order valence-corrected chi connectivity index (χ2v) is 17.0. The van der Waals surface area contributed by atoms with E-state index in [2.05, 4.69) is 15.4 Å². The number of rotatable bonds is 12. The highest BCUT2D eigenvalue weighted by molar-refractivity contribution is 7.90. The van der Waals surface area contributed by atoms with Gasteiger partial charge in [0.2, 0.25) is 11.8 Å². The highest BCUT2D eigenvalue weighted by Crippen LogP contribution is 2.29. The number of likely N-dealkylation sites (N-methyl/N-ethyl adjacent to an activating group) is 2. The molecule has 3 atom stereocenters. The Labute approximate surface area is 283 Å². The van der Waals surface area contributed by atoms with Gasteiger partial charge in [0.25, 0.3) is 15.9 Å².